The average Bonchev–Trinajstić information content (AvgIpc) is 2.46. The molecule has 0 bridgehead atoms. The molecule has 2 N–H and O–H groups in total. The van der Waals surface area contributed by atoms with Crippen molar-refractivity contribution in [3.63, 3.8) is 0 Å². The molecule has 2 atom stereocenters. The maximum Gasteiger partial charge on any atom is 0.245 e. The van der Waals surface area contributed by atoms with E-state index in [2.05, 4.69) is 0 Å². The van der Waals surface area contributed by atoms with Crippen LogP contribution in [-0.2, 0) is 10.0 Å². The first-order chi connectivity index (χ1) is 9.87. The maximum atomic E-state index is 13.8. The highest BCUT2D eigenvalue weighted by atomic mass is 32.2. The highest BCUT2D eigenvalue weighted by molar-refractivity contribution is 7.89. The summed E-state index contributed by atoms with van der Waals surface area (Å²) in [6.07, 6.45) is 3.53. The van der Waals surface area contributed by atoms with E-state index in [0.29, 0.717) is 19.0 Å². The van der Waals surface area contributed by atoms with Gasteiger partial charge >= 0.3 is 0 Å². The number of rotatable bonds is 4. The summed E-state index contributed by atoms with van der Waals surface area (Å²) in [5.74, 6) is -1.80. The second-order valence-corrected chi connectivity index (χ2v) is 7.41. The number of hydrogen-bond acceptors (Lipinski definition) is 3. The summed E-state index contributed by atoms with van der Waals surface area (Å²) in [7, 11) is -2.55. The third-order valence-corrected chi connectivity index (χ3v) is 6.11. The molecule has 1 aliphatic carbocycles. The zero-order valence-electron chi connectivity index (χ0n) is 11.9. The number of halogens is 2. The van der Waals surface area contributed by atoms with Crippen LogP contribution in [0.1, 0.15) is 25.7 Å². The zero-order chi connectivity index (χ0) is 15.6. The van der Waals surface area contributed by atoms with Crippen LogP contribution in [0.25, 0.3) is 0 Å². The lowest BCUT2D eigenvalue weighted by atomic mass is 9.85. The van der Waals surface area contributed by atoms with Crippen LogP contribution in [-0.4, -0.2) is 32.4 Å². The Morgan fingerprint density at radius 1 is 1.29 bits per heavy atom. The number of nitrogens with two attached hydrogens (primary N) is 1. The molecule has 0 radical (unpaired) electrons. The third kappa shape index (κ3) is 3.25. The standard InChI is InChI=1S/C14H20F2N2O2S/c1-18(13-5-3-2-4-10(13)9-17)21(19,20)14-7-6-11(15)8-12(14)16/h6-8,10,13H,2-5,9,17H2,1H3. The van der Waals surface area contributed by atoms with Crippen molar-refractivity contribution in [3.8, 4) is 0 Å². The van der Waals surface area contributed by atoms with E-state index in [0.717, 1.165) is 31.4 Å². The third-order valence-electron chi connectivity index (χ3n) is 4.19. The van der Waals surface area contributed by atoms with Gasteiger partial charge in [-0.2, -0.15) is 4.31 Å². The number of sulfonamides is 1. The van der Waals surface area contributed by atoms with Crippen LogP contribution in [0.3, 0.4) is 0 Å². The lowest BCUT2D eigenvalue weighted by Crippen LogP contribution is -2.46. The Kier molecular flexibility index (Phi) is 4.95. The molecular weight excluding hydrogens is 298 g/mol. The van der Waals surface area contributed by atoms with Gasteiger partial charge in [0.05, 0.1) is 0 Å². The van der Waals surface area contributed by atoms with Crippen molar-refractivity contribution in [2.24, 2.45) is 11.7 Å². The summed E-state index contributed by atoms with van der Waals surface area (Å²) in [5.41, 5.74) is 5.72. The number of benzene rings is 1. The molecule has 1 aromatic carbocycles. The predicted octanol–water partition coefficient (Wildman–Crippen LogP) is 2.10. The summed E-state index contributed by atoms with van der Waals surface area (Å²) in [5, 5.41) is 0. The van der Waals surface area contributed by atoms with E-state index >= 15 is 0 Å². The van der Waals surface area contributed by atoms with Crippen molar-refractivity contribution in [2.45, 2.75) is 36.6 Å². The molecule has 1 aromatic rings. The van der Waals surface area contributed by atoms with Crippen LogP contribution in [0, 0.1) is 17.6 Å². The quantitative estimate of drug-likeness (QED) is 0.925. The molecule has 2 unspecified atom stereocenters. The van der Waals surface area contributed by atoms with Crippen molar-refractivity contribution in [1.29, 1.82) is 0 Å². The van der Waals surface area contributed by atoms with Gasteiger partial charge < -0.3 is 5.73 Å². The van der Waals surface area contributed by atoms with Crippen molar-refractivity contribution >= 4 is 10.0 Å². The molecule has 4 nitrogen and oxygen atoms in total. The number of nitrogens with zero attached hydrogens (tertiary/aromatic N) is 1. The van der Waals surface area contributed by atoms with Gasteiger partial charge in [-0.1, -0.05) is 12.8 Å². The summed E-state index contributed by atoms with van der Waals surface area (Å²) < 4.78 is 53.0. The van der Waals surface area contributed by atoms with Gasteiger partial charge in [0.1, 0.15) is 16.5 Å². The second kappa shape index (κ2) is 6.37. The highest BCUT2D eigenvalue weighted by Crippen LogP contribution is 2.31. The van der Waals surface area contributed by atoms with Crippen molar-refractivity contribution in [2.75, 3.05) is 13.6 Å². The first-order valence-electron chi connectivity index (χ1n) is 7.01. The minimum atomic E-state index is -3.99. The molecule has 7 heteroatoms. The molecule has 1 aliphatic rings. The van der Waals surface area contributed by atoms with E-state index in [9.17, 15) is 17.2 Å². The van der Waals surface area contributed by atoms with E-state index in [1.807, 2.05) is 0 Å². The number of hydrogen-bond donors (Lipinski definition) is 1. The second-order valence-electron chi connectivity index (χ2n) is 5.44. The van der Waals surface area contributed by atoms with Crippen molar-refractivity contribution in [1.82, 2.24) is 4.31 Å². The van der Waals surface area contributed by atoms with E-state index in [1.54, 1.807) is 0 Å². The average molecular weight is 318 g/mol. The van der Waals surface area contributed by atoms with Gasteiger partial charge in [0.25, 0.3) is 0 Å². The van der Waals surface area contributed by atoms with Crippen LogP contribution < -0.4 is 5.73 Å². The Hall–Kier alpha value is -1.05. The first-order valence-corrected chi connectivity index (χ1v) is 8.45. The van der Waals surface area contributed by atoms with Crippen molar-refractivity contribution in [3.05, 3.63) is 29.8 Å². The summed E-state index contributed by atoms with van der Waals surface area (Å²) >= 11 is 0. The molecule has 0 aliphatic heterocycles. The summed E-state index contributed by atoms with van der Waals surface area (Å²) in [6, 6.07) is 2.27. The van der Waals surface area contributed by atoms with Crippen LogP contribution >= 0.6 is 0 Å². The highest BCUT2D eigenvalue weighted by Gasteiger charge is 2.35. The van der Waals surface area contributed by atoms with E-state index in [1.165, 1.54) is 11.4 Å². The van der Waals surface area contributed by atoms with E-state index in [-0.39, 0.29) is 12.0 Å². The lowest BCUT2D eigenvalue weighted by Gasteiger charge is -2.36. The molecule has 2 rings (SSSR count). The van der Waals surface area contributed by atoms with Crippen LogP contribution in [0.2, 0.25) is 0 Å². The molecule has 0 spiro atoms. The zero-order valence-corrected chi connectivity index (χ0v) is 12.7. The molecule has 0 aromatic heterocycles. The largest absolute Gasteiger partial charge is 0.330 e. The Morgan fingerprint density at radius 2 is 1.95 bits per heavy atom. The Bertz CT molecular complexity index is 607. The predicted molar refractivity (Wildman–Crippen MR) is 76.1 cm³/mol. The van der Waals surface area contributed by atoms with Gasteiger partial charge in [0.15, 0.2) is 0 Å². The molecule has 118 valence electrons. The first kappa shape index (κ1) is 16.3. The molecule has 0 amide bonds. The SMILES string of the molecule is CN(C1CCCCC1CN)S(=O)(=O)c1ccc(F)cc1F. The molecule has 1 saturated carbocycles. The van der Waals surface area contributed by atoms with Gasteiger partial charge in [-0.15, -0.1) is 0 Å². The topological polar surface area (TPSA) is 63.4 Å². The lowest BCUT2D eigenvalue weighted by molar-refractivity contribution is 0.204. The fourth-order valence-corrected chi connectivity index (χ4v) is 4.45. The molecule has 0 heterocycles. The smallest absolute Gasteiger partial charge is 0.245 e. The molecule has 1 fully saturated rings. The minimum Gasteiger partial charge on any atom is -0.330 e. The van der Waals surface area contributed by atoms with Crippen LogP contribution in [0.5, 0.6) is 0 Å². The molecular formula is C14H20F2N2O2S. The maximum absolute atomic E-state index is 13.8. The molecule has 21 heavy (non-hydrogen) atoms. The van der Waals surface area contributed by atoms with Crippen LogP contribution in [0.4, 0.5) is 8.78 Å². The summed E-state index contributed by atoms with van der Waals surface area (Å²) in [6.45, 7) is 0.399. The Labute approximate surface area is 124 Å². The minimum absolute atomic E-state index is 0.0713. The molecule has 0 saturated heterocycles. The summed E-state index contributed by atoms with van der Waals surface area (Å²) in [4.78, 5) is -0.493. The monoisotopic (exact) mass is 318 g/mol. The van der Waals surface area contributed by atoms with Gasteiger partial charge in [0, 0.05) is 19.2 Å². The van der Waals surface area contributed by atoms with Gasteiger partial charge in [0.2, 0.25) is 10.0 Å². The van der Waals surface area contributed by atoms with E-state index < -0.39 is 26.6 Å². The van der Waals surface area contributed by atoms with Gasteiger partial charge in [-0.05, 0) is 37.4 Å². The Morgan fingerprint density at radius 3 is 2.57 bits per heavy atom. The fraction of sp³-hybridized carbons (Fsp3) is 0.571. The fourth-order valence-electron chi connectivity index (χ4n) is 2.96. The van der Waals surface area contributed by atoms with Crippen molar-refractivity contribution < 1.29 is 17.2 Å². The Balaban J connectivity index is 2.33. The van der Waals surface area contributed by atoms with E-state index in [4.69, 9.17) is 5.73 Å². The normalized spacial score (nSPS) is 23.5. The van der Waals surface area contributed by atoms with Gasteiger partial charge in [-0.25, -0.2) is 17.2 Å². The van der Waals surface area contributed by atoms with Gasteiger partial charge in [-0.3, -0.25) is 0 Å². The van der Waals surface area contributed by atoms with Crippen LogP contribution in [0.15, 0.2) is 23.1 Å².